The summed E-state index contributed by atoms with van der Waals surface area (Å²) in [4.78, 5) is 0. The molecule has 0 saturated heterocycles. The lowest BCUT2D eigenvalue weighted by molar-refractivity contribution is 0.259. The molecule has 0 aliphatic carbocycles. The fourth-order valence-electron chi connectivity index (χ4n) is 1.69. The van der Waals surface area contributed by atoms with Crippen LogP contribution in [0.15, 0.2) is 46.9 Å². The third-order valence-corrected chi connectivity index (χ3v) is 3.20. The molecule has 106 valence electrons. The fourth-order valence-corrected chi connectivity index (χ4v) is 2.03. The van der Waals surface area contributed by atoms with Crippen molar-refractivity contribution in [2.24, 2.45) is 0 Å². The summed E-state index contributed by atoms with van der Waals surface area (Å²) in [5, 5.41) is 0. The van der Waals surface area contributed by atoms with Crippen molar-refractivity contribution in [2.75, 3.05) is 6.61 Å². The van der Waals surface area contributed by atoms with Crippen molar-refractivity contribution in [3.63, 3.8) is 0 Å². The topological polar surface area (TPSA) is 18.5 Å². The van der Waals surface area contributed by atoms with E-state index in [1.807, 2.05) is 31.2 Å². The summed E-state index contributed by atoms with van der Waals surface area (Å²) in [6.45, 7) is 2.85. The first-order valence-electron chi connectivity index (χ1n) is 6.49. The molecule has 4 heteroatoms. The van der Waals surface area contributed by atoms with Crippen LogP contribution in [0.25, 0.3) is 0 Å². The van der Waals surface area contributed by atoms with Gasteiger partial charge in [-0.2, -0.15) is 0 Å². The van der Waals surface area contributed by atoms with Crippen LogP contribution in [0.4, 0.5) is 4.39 Å². The molecule has 2 aromatic rings. The van der Waals surface area contributed by atoms with E-state index in [1.54, 1.807) is 12.1 Å². The molecule has 0 aliphatic rings. The minimum Gasteiger partial charge on any atom is -0.490 e. The van der Waals surface area contributed by atoms with E-state index in [2.05, 4.69) is 15.9 Å². The first-order chi connectivity index (χ1) is 9.70. The van der Waals surface area contributed by atoms with Crippen LogP contribution in [0.2, 0.25) is 0 Å². The second-order valence-electron chi connectivity index (χ2n) is 4.32. The van der Waals surface area contributed by atoms with Crippen LogP contribution < -0.4 is 9.47 Å². The monoisotopic (exact) mass is 338 g/mol. The zero-order valence-electron chi connectivity index (χ0n) is 11.2. The highest BCUT2D eigenvalue weighted by atomic mass is 79.9. The van der Waals surface area contributed by atoms with Gasteiger partial charge in [0.2, 0.25) is 0 Å². The molecule has 0 spiro atoms. The van der Waals surface area contributed by atoms with Gasteiger partial charge < -0.3 is 9.47 Å². The standard InChI is InChI=1S/C16H16BrFO2/c1-2-9-19-15-5-3-4-6-16(15)20-11-12-7-8-13(17)10-14(12)18/h3-8,10H,2,9,11H2,1H3. The normalized spacial score (nSPS) is 10.3. The average Bonchev–Trinajstić information content (AvgIpc) is 2.45. The van der Waals surface area contributed by atoms with Gasteiger partial charge in [0.15, 0.2) is 11.5 Å². The molecule has 0 bridgehead atoms. The Kier molecular flexibility index (Phi) is 5.41. The van der Waals surface area contributed by atoms with Crippen LogP contribution in [0.3, 0.4) is 0 Å². The van der Waals surface area contributed by atoms with Gasteiger partial charge in [0, 0.05) is 10.0 Å². The van der Waals surface area contributed by atoms with Gasteiger partial charge >= 0.3 is 0 Å². The molecule has 0 N–H and O–H groups in total. The quantitative estimate of drug-likeness (QED) is 0.741. The Labute approximate surface area is 126 Å². The molecule has 0 aromatic heterocycles. The Morgan fingerprint density at radius 1 is 1.05 bits per heavy atom. The Bertz CT molecular complexity index is 572. The van der Waals surface area contributed by atoms with E-state index in [4.69, 9.17) is 9.47 Å². The largest absolute Gasteiger partial charge is 0.490 e. The summed E-state index contributed by atoms with van der Waals surface area (Å²) >= 11 is 3.23. The minimum atomic E-state index is -0.286. The van der Waals surface area contributed by atoms with Crippen LogP contribution >= 0.6 is 15.9 Å². The molecule has 0 heterocycles. The second-order valence-corrected chi connectivity index (χ2v) is 5.24. The highest BCUT2D eigenvalue weighted by Crippen LogP contribution is 2.28. The van der Waals surface area contributed by atoms with Gasteiger partial charge in [-0.15, -0.1) is 0 Å². The molecule has 2 nitrogen and oxygen atoms in total. The first-order valence-corrected chi connectivity index (χ1v) is 7.28. The predicted octanol–water partition coefficient (Wildman–Crippen LogP) is 4.96. The summed E-state index contributed by atoms with van der Waals surface area (Å²) in [6, 6.07) is 12.4. The molecule has 0 fully saturated rings. The summed E-state index contributed by atoms with van der Waals surface area (Å²) in [6.07, 6.45) is 0.926. The van der Waals surface area contributed by atoms with Gasteiger partial charge in [0.25, 0.3) is 0 Å². The van der Waals surface area contributed by atoms with Crippen molar-refractivity contribution in [2.45, 2.75) is 20.0 Å². The lowest BCUT2D eigenvalue weighted by Crippen LogP contribution is -2.02. The van der Waals surface area contributed by atoms with E-state index in [0.717, 1.165) is 6.42 Å². The lowest BCUT2D eigenvalue weighted by Gasteiger charge is -2.12. The molecule has 20 heavy (non-hydrogen) atoms. The summed E-state index contributed by atoms with van der Waals surface area (Å²) < 4.78 is 25.7. The number of hydrogen-bond acceptors (Lipinski definition) is 2. The Balaban J connectivity index is 2.06. The van der Waals surface area contributed by atoms with Crippen LogP contribution in [-0.2, 0) is 6.61 Å². The van der Waals surface area contributed by atoms with Gasteiger partial charge in [-0.3, -0.25) is 0 Å². The van der Waals surface area contributed by atoms with Crippen molar-refractivity contribution in [1.82, 2.24) is 0 Å². The summed E-state index contributed by atoms with van der Waals surface area (Å²) in [7, 11) is 0. The molecule has 0 aliphatic heterocycles. The Morgan fingerprint density at radius 3 is 2.40 bits per heavy atom. The molecule has 0 atom stereocenters. The van der Waals surface area contributed by atoms with Gasteiger partial charge in [0.05, 0.1) is 6.61 Å². The van der Waals surface area contributed by atoms with E-state index < -0.39 is 0 Å². The molecular formula is C16H16BrFO2. The number of halogens is 2. The number of benzene rings is 2. The zero-order chi connectivity index (χ0) is 14.4. The van der Waals surface area contributed by atoms with Crippen molar-refractivity contribution in [1.29, 1.82) is 0 Å². The molecule has 2 aromatic carbocycles. The number of hydrogen-bond donors (Lipinski definition) is 0. The highest BCUT2D eigenvalue weighted by Gasteiger charge is 2.07. The second kappa shape index (κ2) is 7.29. The molecule has 0 unspecified atom stereocenters. The maximum Gasteiger partial charge on any atom is 0.161 e. The zero-order valence-corrected chi connectivity index (χ0v) is 12.8. The smallest absolute Gasteiger partial charge is 0.161 e. The SMILES string of the molecule is CCCOc1ccccc1OCc1ccc(Br)cc1F. The molecule has 0 radical (unpaired) electrons. The van der Waals surface area contributed by atoms with Crippen LogP contribution in [-0.4, -0.2) is 6.61 Å². The fraction of sp³-hybridized carbons (Fsp3) is 0.250. The van der Waals surface area contributed by atoms with Crippen LogP contribution in [0.1, 0.15) is 18.9 Å². The van der Waals surface area contributed by atoms with Gasteiger partial charge in [-0.1, -0.05) is 41.1 Å². The predicted molar refractivity (Wildman–Crippen MR) is 80.7 cm³/mol. The Hall–Kier alpha value is -1.55. The summed E-state index contributed by atoms with van der Waals surface area (Å²) in [5.74, 6) is 1.03. The van der Waals surface area contributed by atoms with Crippen LogP contribution in [0, 0.1) is 5.82 Å². The third-order valence-electron chi connectivity index (χ3n) is 2.71. The van der Waals surface area contributed by atoms with Gasteiger partial charge in [0.1, 0.15) is 12.4 Å². The highest BCUT2D eigenvalue weighted by molar-refractivity contribution is 9.10. The van der Waals surface area contributed by atoms with Crippen molar-refractivity contribution in [3.8, 4) is 11.5 Å². The van der Waals surface area contributed by atoms with E-state index in [9.17, 15) is 4.39 Å². The maximum atomic E-state index is 13.7. The van der Waals surface area contributed by atoms with E-state index in [0.29, 0.717) is 28.1 Å². The molecule has 2 rings (SSSR count). The molecule has 0 amide bonds. The van der Waals surface area contributed by atoms with E-state index >= 15 is 0 Å². The van der Waals surface area contributed by atoms with Gasteiger partial charge in [-0.05, 0) is 30.7 Å². The number of para-hydroxylation sites is 2. The number of ether oxygens (including phenoxy) is 2. The maximum absolute atomic E-state index is 13.7. The van der Waals surface area contributed by atoms with Crippen molar-refractivity contribution < 1.29 is 13.9 Å². The van der Waals surface area contributed by atoms with Crippen molar-refractivity contribution in [3.05, 3.63) is 58.3 Å². The minimum absolute atomic E-state index is 0.172. The molecular weight excluding hydrogens is 323 g/mol. The summed E-state index contributed by atoms with van der Waals surface area (Å²) in [5.41, 5.74) is 0.512. The third kappa shape index (κ3) is 3.97. The first kappa shape index (κ1) is 14.9. The number of rotatable bonds is 6. The average molecular weight is 339 g/mol. The van der Waals surface area contributed by atoms with Crippen molar-refractivity contribution >= 4 is 15.9 Å². The van der Waals surface area contributed by atoms with Gasteiger partial charge in [-0.25, -0.2) is 4.39 Å². The van der Waals surface area contributed by atoms with Crippen LogP contribution in [0.5, 0.6) is 11.5 Å². The Morgan fingerprint density at radius 2 is 1.75 bits per heavy atom. The molecule has 0 saturated carbocycles. The lowest BCUT2D eigenvalue weighted by atomic mass is 10.2. The van der Waals surface area contributed by atoms with E-state index in [-0.39, 0.29) is 12.4 Å². The van der Waals surface area contributed by atoms with E-state index in [1.165, 1.54) is 6.07 Å².